The van der Waals surface area contributed by atoms with Crippen LogP contribution in [0.1, 0.15) is 0 Å². The normalized spacial score (nSPS) is 12.9. The number of thiophene rings is 1. The molecule has 5 N–H and O–H groups in total. The van der Waals surface area contributed by atoms with Crippen molar-refractivity contribution in [3.8, 4) is 0 Å². The van der Waals surface area contributed by atoms with Crippen LogP contribution in [-0.2, 0) is 19.6 Å². The Balaban J connectivity index is 0.000000534. The summed E-state index contributed by atoms with van der Waals surface area (Å²) < 4.78 is 56.9. The molecule has 13 heteroatoms. The molecular formula is C9H11F3N2O6S2. The highest BCUT2D eigenvalue weighted by atomic mass is 32.2. The highest BCUT2D eigenvalue weighted by molar-refractivity contribution is 7.91. The maximum atomic E-state index is 11.5. The molecule has 0 bridgehead atoms. The van der Waals surface area contributed by atoms with Gasteiger partial charge >= 0.3 is 18.1 Å². The smallest absolute Gasteiger partial charge is 0.480 e. The van der Waals surface area contributed by atoms with Crippen LogP contribution in [0, 0.1) is 0 Å². The summed E-state index contributed by atoms with van der Waals surface area (Å²) in [5.74, 6) is -4.05. The predicted octanol–water partition coefficient (Wildman–Crippen LogP) is 0.0716. The van der Waals surface area contributed by atoms with Crippen LogP contribution in [0.3, 0.4) is 0 Å². The molecule has 126 valence electrons. The molecule has 1 heterocycles. The number of alkyl halides is 3. The van der Waals surface area contributed by atoms with Crippen molar-refractivity contribution in [1.29, 1.82) is 0 Å². The fourth-order valence-corrected chi connectivity index (χ4v) is 3.07. The lowest BCUT2D eigenvalue weighted by Gasteiger charge is -2.11. The van der Waals surface area contributed by atoms with Crippen LogP contribution < -0.4 is 10.5 Å². The SMILES string of the molecule is NC[C@H](NS(=O)(=O)c1cccs1)C(=O)O.O=C(O)C(F)(F)F. The van der Waals surface area contributed by atoms with Crippen molar-refractivity contribution in [3.63, 3.8) is 0 Å². The second-order valence-corrected chi connectivity index (χ2v) is 6.37. The van der Waals surface area contributed by atoms with Gasteiger partial charge in [-0.2, -0.15) is 17.9 Å². The Labute approximate surface area is 126 Å². The van der Waals surface area contributed by atoms with Gasteiger partial charge < -0.3 is 15.9 Å². The standard InChI is InChI=1S/C7H10N2O4S2.C2HF3O2/c8-4-5(7(10)11)9-15(12,13)6-2-1-3-14-6;3-2(4,5)1(6)7/h1-3,5,9H,4,8H2,(H,10,11);(H,6,7)/t5-;/m0./s1. The van der Waals surface area contributed by atoms with Crippen molar-refractivity contribution in [2.24, 2.45) is 5.73 Å². The van der Waals surface area contributed by atoms with E-state index >= 15 is 0 Å². The van der Waals surface area contributed by atoms with Gasteiger partial charge in [-0.05, 0) is 11.4 Å². The molecule has 8 nitrogen and oxygen atoms in total. The van der Waals surface area contributed by atoms with Gasteiger partial charge in [-0.3, -0.25) is 4.79 Å². The Hall–Kier alpha value is -1.70. The molecule has 0 aliphatic carbocycles. The number of carboxylic acid groups (broad SMARTS) is 2. The third kappa shape index (κ3) is 6.84. The van der Waals surface area contributed by atoms with Gasteiger partial charge in [0.15, 0.2) is 0 Å². The highest BCUT2D eigenvalue weighted by Gasteiger charge is 2.38. The molecular weight excluding hydrogens is 353 g/mol. The predicted molar refractivity (Wildman–Crippen MR) is 68.8 cm³/mol. The van der Waals surface area contributed by atoms with Gasteiger partial charge in [-0.1, -0.05) is 6.07 Å². The Morgan fingerprint density at radius 3 is 2.14 bits per heavy atom. The van der Waals surface area contributed by atoms with Crippen LogP contribution in [0.15, 0.2) is 21.7 Å². The number of hydrogen-bond donors (Lipinski definition) is 4. The van der Waals surface area contributed by atoms with Gasteiger partial charge in [-0.15, -0.1) is 11.3 Å². The van der Waals surface area contributed by atoms with Crippen molar-refractivity contribution in [1.82, 2.24) is 4.72 Å². The van der Waals surface area contributed by atoms with E-state index in [9.17, 15) is 26.4 Å². The van der Waals surface area contributed by atoms with E-state index in [1.165, 1.54) is 6.07 Å². The first kappa shape index (κ1) is 20.3. The molecule has 0 saturated heterocycles. The minimum Gasteiger partial charge on any atom is -0.480 e. The highest BCUT2D eigenvalue weighted by Crippen LogP contribution is 2.15. The number of nitrogens with one attached hydrogen (secondary N) is 1. The number of halogens is 3. The molecule has 0 aliphatic rings. The average molecular weight is 364 g/mol. The molecule has 1 rings (SSSR count). The summed E-state index contributed by atoms with van der Waals surface area (Å²) in [6.45, 7) is -0.292. The van der Waals surface area contributed by atoms with Crippen LogP contribution in [0.25, 0.3) is 0 Å². The summed E-state index contributed by atoms with van der Waals surface area (Å²) in [7, 11) is -3.77. The molecule has 0 spiro atoms. The lowest BCUT2D eigenvalue weighted by atomic mass is 10.3. The van der Waals surface area contributed by atoms with Crippen LogP contribution >= 0.6 is 11.3 Å². The fourth-order valence-electron chi connectivity index (χ4n) is 0.861. The summed E-state index contributed by atoms with van der Waals surface area (Å²) in [5, 5.41) is 17.3. The molecule has 1 atom stereocenters. The monoisotopic (exact) mass is 364 g/mol. The maximum absolute atomic E-state index is 11.5. The van der Waals surface area contributed by atoms with E-state index in [0.29, 0.717) is 0 Å². The summed E-state index contributed by atoms with van der Waals surface area (Å²) in [4.78, 5) is 19.5. The molecule has 22 heavy (non-hydrogen) atoms. The van der Waals surface area contributed by atoms with E-state index in [-0.39, 0.29) is 10.8 Å². The van der Waals surface area contributed by atoms with Crippen LogP contribution in [0.5, 0.6) is 0 Å². The third-order valence-electron chi connectivity index (χ3n) is 1.83. The van der Waals surface area contributed by atoms with E-state index < -0.39 is 34.2 Å². The van der Waals surface area contributed by atoms with Crippen LogP contribution in [0.2, 0.25) is 0 Å². The quantitative estimate of drug-likeness (QED) is 0.578. The lowest BCUT2D eigenvalue weighted by Crippen LogP contribution is -2.45. The molecule has 1 aromatic rings. The first-order chi connectivity index (χ1) is 9.91. The molecule has 0 saturated carbocycles. The number of sulfonamides is 1. The van der Waals surface area contributed by atoms with Gasteiger partial charge in [-0.25, -0.2) is 13.2 Å². The summed E-state index contributed by atoms with van der Waals surface area (Å²) >= 11 is 1.01. The maximum Gasteiger partial charge on any atom is 0.490 e. The first-order valence-corrected chi connectivity index (χ1v) is 7.57. The zero-order valence-electron chi connectivity index (χ0n) is 10.6. The van der Waals surface area contributed by atoms with Crippen molar-refractivity contribution in [2.45, 2.75) is 16.4 Å². The molecule has 0 radical (unpaired) electrons. The minimum atomic E-state index is -5.08. The molecule has 0 unspecified atom stereocenters. The lowest BCUT2D eigenvalue weighted by molar-refractivity contribution is -0.192. The summed E-state index contributed by atoms with van der Waals surface area (Å²) in [6.07, 6.45) is -5.08. The van der Waals surface area contributed by atoms with E-state index in [1.807, 2.05) is 4.72 Å². The van der Waals surface area contributed by atoms with Gasteiger partial charge in [0.25, 0.3) is 10.0 Å². The van der Waals surface area contributed by atoms with Gasteiger partial charge in [0.2, 0.25) is 0 Å². The van der Waals surface area contributed by atoms with Crippen molar-refractivity contribution < 1.29 is 41.4 Å². The Kier molecular flexibility index (Phi) is 7.45. The van der Waals surface area contributed by atoms with E-state index in [2.05, 4.69) is 0 Å². The molecule has 0 fully saturated rings. The van der Waals surface area contributed by atoms with Gasteiger partial charge in [0, 0.05) is 6.54 Å². The zero-order valence-corrected chi connectivity index (χ0v) is 12.2. The average Bonchev–Trinajstić information content (AvgIpc) is 2.89. The Bertz CT molecular complexity index is 599. The van der Waals surface area contributed by atoms with Crippen LogP contribution in [0.4, 0.5) is 13.2 Å². The topological polar surface area (TPSA) is 147 Å². The third-order valence-corrected chi connectivity index (χ3v) is 4.70. The molecule has 0 amide bonds. The molecule has 1 aromatic heterocycles. The zero-order chi connectivity index (χ0) is 17.6. The first-order valence-electron chi connectivity index (χ1n) is 5.20. The van der Waals surface area contributed by atoms with E-state index in [0.717, 1.165) is 11.3 Å². The van der Waals surface area contributed by atoms with Crippen molar-refractivity contribution >= 4 is 33.3 Å². The van der Waals surface area contributed by atoms with Crippen LogP contribution in [-0.4, -0.2) is 49.3 Å². The second-order valence-electron chi connectivity index (χ2n) is 3.48. The number of aliphatic carboxylic acids is 2. The molecule has 0 aromatic carbocycles. The minimum absolute atomic E-state index is 0.0715. The second kappa shape index (κ2) is 8.07. The van der Waals surface area contributed by atoms with E-state index in [1.54, 1.807) is 11.4 Å². The summed E-state index contributed by atoms with van der Waals surface area (Å²) in [6, 6.07) is 1.66. The van der Waals surface area contributed by atoms with Gasteiger partial charge in [0.1, 0.15) is 10.3 Å². The van der Waals surface area contributed by atoms with Gasteiger partial charge in [0.05, 0.1) is 0 Å². The fraction of sp³-hybridized carbons (Fsp3) is 0.333. The number of nitrogens with two attached hydrogens (primary N) is 1. The number of carboxylic acids is 2. The molecule has 0 aliphatic heterocycles. The van der Waals surface area contributed by atoms with Crippen molar-refractivity contribution in [3.05, 3.63) is 17.5 Å². The number of hydrogen-bond acceptors (Lipinski definition) is 6. The Morgan fingerprint density at radius 2 is 1.86 bits per heavy atom. The van der Waals surface area contributed by atoms with E-state index in [4.69, 9.17) is 20.7 Å². The number of carbonyl (C=O) groups is 2. The Morgan fingerprint density at radius 1 is 1.36 bits per heavy atom. The van der Waals surface area contributed by atoms with Crippen molar-refractivity contribution in [2.75, 3.05) is 6.54 Å². The number of rotatable bonds is 5. The summed E-state index contributed by atoms with van der Waals surface area (Å²) in [5.41, 5.74) is 5.13. The largest absolute Gasteiger partial charge is 0.490 e.